The van der Waals surface area contributed by atoms with Gasteiger partial charge in [0.15, 0.2) is 0 Å². The van der Waals surface area contributed by atoms with Crippen molar-refractivity contribution in [3.63, 3.8) is 0 Å². The summed E-state index contributed by atoms with van der Waals surface area (Å²) in [6.07, 6.45) is 4.94. The van der Waals surface area contributed by atoms with E-state index in [0.29, 0.717) is 5.92 Å². The Morgan fingerprint density at radius 3 is 2.58 bits per heavy atom. The van der Waals surface area contributed by atoms with Crippen LogP contribution in [0.3, 0.4) is 0 Å². The highest BCUT2D eigenvalue weighted by Gasteiger charge is 2.28. The fourth-order valence-electron chi connectivity index (χ4n) is 3.12. The first-order valence-electron chi connectivity index (χ1n) is 7.30. The van der Waals surface area contributed by atoms with Gasteiger partial charge in [0.25, 0.3) is 0 Å². The van der Waals surface area contributed by atoms with Crippen molar-refractivity contribution in [3.8, 4) is 0 Å². The average Bonchev–Trinajstić information content (AvgIpc) is 2.38. The molecule has 1 aliphatic carbocycles. The summed E-state index contributed by atoms with van der Waals surface area (Å²) in [7, 11) is 0. The quantitative estimate of drug-likeness (QED) is 0.814. The normalized spacial score (nSPS) is 25.3. The van der Waals surface area contributed by atoms with E-state index in [0.717, 1.165) is 22.5 Å². The number of nitrogens with one attached hydrogen (secondary N) is 1. The zero-order valence-electron chi connectivity index (χ0n) is 11.8. The first-order chi connectivity index (χ1) is 9.11. The third-order valence-corrected chi connectivity index (χ3v) is 4.75. The molecular weight excluding hydrogens is 305 g/mol. The third-order valence-electron chi connectivity index (χ3n) is 4.25. The smallest absolute Gasteiger partial charge is 0.129 e. The molecule has 0 aliphatic heterocycles. The van der Waals surface area contributed by atoms with Gasteiger partial charge in [-0.3, -0.25) is 0 Å². The van der Waals surface area contributed by atoms with Gasteiger partial charge in [-0.05, 0) is 43.4 Å². The van der Waals surface area contributed by atoms with Crippen molar-refractivity contribution in [3.05, 3.63) is 34.1 Å². The van der Waals surface area contributed by atoms with Gasteiger partial charge in [-0.2, -0.15) is 0 Å². The number of rotatable bonds is 4. The summed E-state index contributed by atoms with van der Waals surface area (Å²) in [5, 5.41) is 3.49. The van der Waals surface area contributed by atoms with E-state index in [1.54, 1.807) is 6.07 Å². The van der Waals surface area contributed by atoms with Gasteiger partial charge in [0.1, 0.15) is 5.82 Å². The number of benzene rings is 1. The molecule has 0 saturated heterocycles. The second-order valence-electron chi connectivity index (χ2n) is 5.72. The molecule has 1 unspecified atom stereocenters. The molecule has 1 aromatic carbocycles. The van der Waals surface area contributed by atoms with Crippen molar-refractivity contribution in [1.29, 1.82) is 0 Å². The predicted molar refractivity (Wildman–Crippen MR) is 81.6 cm³/mol. The first kappa shape index (κ1) is 15.0. The summed E-state index contributed by atoms with van der Waals surface area (Å²) in [5.41, 5.74) is 0.824. The molecule has 1 fully saturated rings. The Labute approximate surface area is 124 Å². The van der Waals surface area contributed by atoms with E-state index >= 15 is 0 Å². The number of halogens is 2. The van der Waals surface area contributed by atoms with Gasteiger partial charge < -0.3 is 5.32 Å². The monoisotopic (exact) mass is 327 g/mol. The van der Waals surface area contributed by atoms with E-state index in [9.17, 15) is 4.39 Å². The van der Waals surface area contributed by atoms with Crippen LogP contribution in [0.5, 0.6) is 0 Å². The predicted octanol–water partition coefficient (Wildman–Crippen LogP) is 5.07. The lowest BCUT2D eigenvalue weighted by atomic mass is 9.77. The molecule has 19 heavy (non-hydrogen) atoms. The highest BCUT2D eigenvalue weighted by Crippen LogP contribution is 2.37. The van der Waals surface area contributed by atoms with E-state index in [4.69, 9.17) is 0 Å². The molecule has 0 amide bonds. The summed E-state index contributed by atoms with van der Waals surface area (Å²) in [4.78, 5) is 0. The Morgan fingerprint density at radius 2 is 2.00 bits per heavy atom. The van der Waals surface area contributed by atoms with Gasteiger partial charge in [0.05, 0.1) is 0 Å². The zero-order valence-corrected chi connectivity index (χ0v) is 13.3. The molecule has 106 valence electrons. The molecule has 1 atom stereocenters. The van der Waals surface area contributed by atoms with Crippen molar-refractivity contribution < 1.29 is 4.39 Å². The Hall–Kier alpha value is -0.410. The SMILES string of the molecule is CCNC(c1ccc(Br)cc1F)C1CCC(C)CC1. The zero-order chi connectivity index (χ0) is 13.8. The standard InChI is InChI=1S/C16H23BrFN/c1-3-19-16(12-6-4-11(2)5-7-12)14-9-8-13(17)10-15(14)18/h8-12,16,19H,3-7H2,1-2H3. The van der Waals surface area contributed by atoms with Crippen molar-refractivity contribution in [1.82, 2.24) is 5.32 Å². The molecule has 1 N–H and O–H groups in total. The maximum absolute atomic E-state index is 14.2. The maximum atomic E-state index is 14.2. The van der Waals surface area contributed by atoms with Crippen LogP contribution < -0.4 is 5.32 Å². The average molecular weight is 328 g/mol. The molecule has 1 aromatic rings. The summed E-state index contributed by atoms with van der Waals surface area (Å²) in [5.74, 6) is 1.29. The topological polar surface area (TPSA) is 12.0 Å². The van der Waals surface area contributed by atoms with Crippen LogP contribution in [0, 0.1) is 17.7 Å². The number of hydrogen-bond donors (Lipinski definition) is 1. The van der Waals surface area contributed by atoms with E-state index < -0.39 is 0 Å². The van der Waals surface area contributed by atoms with Crippen molar-refractivity contribution in [2.45, 2.75) is 45.6 Å². The van der Waals surface area contributed by atoms with Crippen LogP contribution in [0.1, 0.15) is 51.1 Å². The Bertz CT molecular complexity index is 413. The van der Waals surface area contributed by atoms with Crippen LogP contribution in [0.15, 0.2) is 22.7 Å². The van der Waals surface area contributed by atoms with E-state index in [-0.39, 0.29) is 11.9 Å². The molecule has 1 saturated carbocycles. The van der Waals surface area contributed by atoms with E-state index in [1.165, 1.54) is 25.7 Å². The molecule has 0 spiro atoms. The fourth-order valence-corrected chi connectivity index (χ4v) is 3.46. The molecule has 1 nitrogen and oxygen atoms in total. The van der Waals surface area contributed by atoms with Gasteiger partial charge in [0.2, 0.25) is 0 Å². The lowest BCUT2D eigenvalue weighted by Gasteiger charge is -2.33. The van der Waals surface area contributed by atoms with Crippen molar-refractivity contribution in [2.24, 2.45) is 11.8 Å². The molecule has 0 bridgehead atoms. The molecule has 3 heteroatoms. The number of hydrogen-bond acceptors (Lipinski definition) is 1. The lowest BCUT2D eigenvalue weighted by molar-refractivity contribution is 0.230. The third kappa shape index (κ3) is 3.79. The van der Waals surface area contributed by atoms with E-state index in [2.05, 4.69) is 35.1 Å². The van der Waals surface area contributed by atoms with Gasteiger partial charge in [-0.25, -0.2) is 4.39 Å². The minimum absolute atomic E-state index is 0.0982. The summed E-state index contributed by atoms with van der Waals surface area (Å²) in [6, 6.07) is 5.59. The Kier molecular flexibility index (Phi) is 5.40. The van der Waals surface area contributed by atoms with Crippen LogP contribution in [0.2, 0.25) is 0 Å². The fraction of sp³-hybridized carbons (Fsp3) is 0.625. The lowest BCUT2D eigenvalue weighted by Crippen LogP contribution is -2.31. The van der Waals surface area contributed by atoms with Gasteiger partial charge in [-0.15, -0.1) is 0 Å². The van der Waals surface area contributed by atoms with E-state index in [1.807, 2.05) is 12.1 Å². The largest absolute Gasteiger partial charge is 0.310 e. The second-order valence-corrected chi connectivity index (χ2v) is 6.64. The first-order valence-corrected chi connectivity index (χ1v) is 8.09. The minimum atomic E-state index is -0.0982. The minimum Gasteiger partial charge on any atom is -0.310 e. The molecule has 0 radical (unpaired) electrons. The van der Waals surface area contributed by atoms with Gasteiger partial charge >= 0.3 is 0 Å². The van der Waals surface area contributed by atoms with Crippen molar-refractivity contribution in [2.75, 3.05) is 6.54 Å². The molecular formula is C16H23BrFN. The highest BCUT2D eigenvalue weighted by atomic mass is 79.9. The summed E-state index contributed by atoms with van der Waals surface area (Å²) in [6.45, 7) is 5.29. The molecule has 1 aliphatic rings. The summed E-state index contributed by atoms with van der Waals surface area (Å²) >= 11 is 3.33. The van der Waals surface area contributed by atoms with Gasteiger partial charge in [-0.1, -0.05) is 48.7 Å². The Morgan fingerprint density at radius 1 is 1.32 bits per heavy atom. The maximum Gasteiger partial charge on any atom is 0.129 e. The van der Waals surface area contributed by atoms with Crippen LogP contribution >= 0.6 is 15.9 Å². The van der Waals surface area contributed by atoms with Crippen LogP contribution in [0.4, 0.5) is 4.39 Å². The summed E-state index contributed by atoms with van der Waals surface area (Å²) < 4.78 is 15.0. The van der Waals surface area contributed by atoms with Crippen LogP contribution in [0.25, 0.3) is 0 Å². The molecule has 2 rings (SSSR count). The Balaban J connectivity index is 2.19. The molecule has 0 heterocycles. The van der Waals surface area contributed by atoms with Gasteiger partial charge in [0, 0.05) is 16.1 Å². The highest BCUT2D eigenvalue weighted by molar-refractivity contribution is 9.10. The van der Waals surface area contributed by atoms with Crippen LogP contribution in [-0.4, -0.2) is 6.54 Å². The second kappa shape index (κ2) is 6.85. The van der Waals surface area contributed by atoms with Crippen molar-refractivity contribution >= 4 is 15.9 Å². The molecule has 0 aromatic heterocycles. The van der Waals surface area contributed by atoms with Crippen LogP contribution in [-0.2, 0) is 0 Å².